The molecule has 4 nitrogen and oxygen atoms in total. The Hall–Kier alpha value is -3.37. The Kier molecular flexibility index (Phi) is 10.2. The van der Waals surface area contributed by atoms with Crippen molar-refractivity contribution < 1.29 is 4.74 Å². The topological polar surface area (TPSA) is 30.3 Å². The van der Waals surface area contributed by atoms with Crippen molar-refractivity contribution in [3.63, 3.8) is 0 Å². The van der Waals surface area contributed by atoms with Crippen molar-refractivity contribution >= 4 is 0 Å². The lowest BCUT2D eigenvalue weighted by Gasteiger charge is -2.30. The van der Waals surface area contributed by atoms with Crippen LogP contribution in [-0.4, -0.2) is 27.6 Å². The summed E-state index contributed by atoms with van der Waals surface area (Å²) in [6.07, 6.45) is 4.59. The number of rotatable bonds is 14. The van der Waals surface area contributed by atoms with Gasteiger partial charge in [0.15, 0.2) is 0 Å². The number of aromatic nitrogens is 2. The van der Waals surface area contributed by atoms with Gasteiger partial charge in [-0.05, 0) is 50.9 Å². The molecule has 0 saturated heterocycles. The van der Waals surface area contributed by atoms with Gasteiger partial charge in [-0.3, -0.25) is 4.90 Å². The Morgan fingerprint density at radius 3 is 2.16 bits per heavy atom. The standard InChI is InChI=1S/C34H43N3O/c1-5-8-23-36(27(4)30-21-16-22-31(25-30)38-7-3)26-32-33(28-17-12-10-13-18-28)35-34(37(32)24-9-6-2)29-19-14-11-15-20-29/h10-22,25,27H,5-9,23-24,26H2,1-4H3. The molecule has 0 spiro atoms. The molecule has 3 aromatic carbocycles. The van der Waals surface area contributed by atoms with Crippen molar-refractivity contribution in [2.75, 3.05) is 13.2 Å². The summed E-state index contributed by atoms with van der Waals surface area (Å²) in [5, 5.41) is 0. The van der Waals surface area contributed by atoms with Gasteiger partial charge in [0.25, 0.3) is 0 Å². The zero-order valence-electron chi connectivity index (χ0n) is 23.6. The molecule has 4 aromatic rings. The van der Waals surface area contributed by atoms with Crippen LogP contribution in [0.5, 0.6) is 5.75 Å². The quantitative estimate of drug-likeness (QED) is 0.170. The van der Waals surface area contributed by atoms with Gasteiger partial charge in [-0.15, -0.1) is 0 Å². The third-order valence-corrected chi connectivity index (χ3v) is 7.24. The van der Waals surface area contributed by atoms with E-state index in [1.54, 1.807) is 0 Å². The molecule has 1 atom stereocenters. The van der Waals surface area contributed by atoms with E-state index in [2.05, 4.69) is 115 Å². The van der Waals surface area contributed by atoms with Crippen LogP contribution in [0.2, 0.25) is 0 Å². The van der Waals surface area contributed by atoms with Gasteiger partial charge in [0.2, 0.25) is 0 Å². The van der Waals surface area contributed by atoms with Crippen LogP contribution >= 0.6 is 0 Å². The number of benzene rings is 3. The molecule has 0 saturated carbocycles. The summed E-state index contributed by atoms with van der Waals surface area (Å²) < 4.78 is 8.33. The van der Waals surface area contributed by atoms with Crippen LogP contribution in [0.3, 0.4) is 0 Å². The molecule has 0 amide bonds. The van der Waals surface area contributed by atoms with E-state index in [1.807, 2.05) is 6.92 Å². The summed E-state index contributed by atoms with van der Waals surface area (Å²) in [5.74, 6) is 2.01. The monoisotopic (exact) mass is 509 g/mol. The largest absolute Gasteiger partial charge is 0.494 e. The van der Waals surface area contributed by atoms with Crippen LogP contribution in [-0.2, 0) is 13.1 Å². The maximum Gasteiger partial charge on any atom is 0.140 e. The van der Waals surface area contributed by atoms with Gasteiger partial charge in [0, 0.05) is 30.3 Å². The van der Waals surface area contributed by atoms with Gasteiger partial charge in [0.05, 0.1) is 18.0 Å². The van der Waals surface area contributed by atoms with E-state index in [0.29, 0.717) is 6.61 Å². The van der Waals surface area contributed by atoms with Crippen molar-refractivity contribution in [2.24, 2.45) is 0 Å². The molecule has 38 heavy (non-hydrogen) atoms. The third kappa shape index (κ3) is 6.73. The van der Waals surface area contributed by atoms with Gasteiger partial charge in [-0.1, -0.05) is 99.5 Å². The SMILES string of the molecule is CCCCN(Cc1c(-c2ccccc2)nc(-c2ccccc2)n1CCCC)C(C)c1cccc(OCC)c1. The number of hydrogen-bond acceptors (Lipinski definition) is 3. The minimum absolute atomic E-state index is 0.250. The summed E-state index contributed by atoms with van der Waals surface area (Å²) in [4.78, 5) is 7.94. The molecule has 0 fully saturated rings. The molecule has 0 radical (unpaired) electrons. The van der Waals surface area contributed by atoms with E-state index >= 15 is 0 Å². The Bertz CT molecular complexity index is 1250. The Morgan fingerprint density at radius 1 is 0.816 bits per heavy atom. The number of ether oxygens (including phenoxy) is 1. The molecule has 0 aliphatic rings. The number of imidazole rings is 1. The second-order valence-corrected chi connectivity index (χ2v) is 9.97. The molecule has 0 bridgehead atoms. The fourth-order valence-corrected chi connectivity index (χ4v) is 5.04. The maximum atomic E-state index is 5.84. The Labute approximate surface area is 229 Å². The maximum absolute atomic E-state index is 5.84. The summed E-state index contributed by atoms with van der Waals surface area (Å²) in [6.45, 7) is 12.4. The molecular weight excluding hydrogens is 466 g/mol. The predicted molar refractivity (Wildman–Crippen MR) is 159 cm³/mol. The van der Waals surface area contributed by atoms with Crippen molar-refractivity contribution in [3.05, 3.63) is 96.2 Å². The summed E-state index contributed by atoms with van der Waals surface area (Å²) in [6, 6.07) is 30.2. The van der Waals surface area contributed by atoms with E-state index in [9.17, 15) is 0 Å². The molecular formula is C34H43N3O. The molecule has 0 N–H and O–H groups in total. The second-order valence-electron chi connectivity index (χ2n) is 9.97. The first-order valence-corrected chi connectivity index (χ1v) is 14.3. The lowest BCUT2D eigenvalue weighted by Crippen LogP contribution is -2.29. The summed E-state index contributed by atoms with van der Waals surface area (Å²) >= 11 is 0. The van der Waals surface area contributed by atoms with Crippen LogP contribution in [0.25, 0.3) is 22.6 Å². The average Bonchev–Trinajstić information content (AvgIpc) is 3.32. The Morgan fingerprint density at radius 2 is 1.50 bits per heavy atom. The van der Waals surface area contributed by atoms with E-state index in [0.717, 1.165) is 62.6 Å². The fourth-order valence-electron chi connectivity index (χ4n) is 5.04. The normalized spacial score (nSPS) is 12.1. The van der Waals surface area contributed by atoms with Crippen LogP contribution in [0, 0.1) is 0 Å². The molecule has 200 valence electrons. The first-order chi connectivity index (χ1) is 18.7. The Balaban J connectivity index is 1.81. The van der Waals surface area contributed by atoms with Crippen LogP contribution in [0.4, 0.5) is 0 Å². The lowest BCUT2D eigenvalue weighted by molar-refractivity contribution is 0.193. The summed E-state index contributed by atoms with van der Waals surface area (Å²) in [5.41, 5.74) is 6.03. The van der Waals surface area contributed by atoms with E-state index in [-0.39, 0.29) is 6.04 Å². The predicted octanol–water partition coefficient (Wildman–Crippen LogP) is 8.78. The van der Waals surface area contributed by atoms with E-state index in [4.69, 9.17) is 9.72 Å². The zero-order chi connectivity index (χ0) is 26.7. The van der Waals surface area contributed by atoms with Crippen LogP contribution in [0.1, 0.15) is 70.7 Å². The molecule has 1 heterocycles. The summed E-state index contributed by atoms with van der Waals surface area (Å²) in [7, 11) is 0. The van der Waals surface area contributed by atoms with Crippen molar-refractivity contribution in [1.29, 1.82) is 0 Å². The third-order valence-electron chi connectivity index (χ3n) is 7.24. The van der Waals surface area contributed by atoms with Gasteiger partial charge in [0.1, 0.15) is 11.6 Å². The smallest absolute Gasteiger partial charge is 0.140 e. The molecule has 4 rings (SSSR count). The molecule has 4 heteroatoms. The van der Waals surface area contributed by atoms with Gasteiger partial charge < -0.3 is 9.30 Å². The second kappa shape index (κ2) is 14.0. The van der Waals surface area contributed by atoms with Crippen molar-refractivity contribution in [2.45, 2.75) is 72.5 Å². The highest BCUT2D eigenvalue weighted by molar-refractivity contribution is 5.68. The lowest BCUT2D eigenvalue weighted by atomic mass is 10.0. The molecule has 1 aromatic heterocycles. The number of unbranched alkanes of at least 4 members (excludes halogenated alkanes) is 2. The van der Waals surface area contributed by atoms with Gasteiger partial charge in [-0.2, -0.15) is 0 Å². The number of hydrogen-bond donors (Lipinski definition) is 0. The molecule has 0 aliphatic carbocycles. The van der Waals surface area contributed by atoms with E-state index < -0.39 is 0 Å². The van der Waals surface area contributed by atoms with Crippen LogP contribution < -0.4 is 4.74 Å². The average molecular weight is 510 g/mol. The minimum Gasteiger partial charge on any atom is -0.494 e. The minimum atomic E-state index is 0.250. The van der Waals surface area contributed by atoms with Crippen molar-refractivity contribution in [3.8, 4) is 28.4 Å². The first-order valence-electron chi connectivity index (χ1n) is 14.3. The van der Waals surface area contributed by atoms with Gasteiger partial charge >= 0.3 is 0 Å². The number of nitrogens with zero attached hydrogens (tertiary/aromatic N) is 3. The highest BCUT2D eigenvalue weighted by Gasteiger charge is 2.24. The van der Waals surface area contributed by atoms with E-state index in [1.165, 1.54) is 22.4 Å². The molecule has 0 aliphatic heterocycles. The fraction of sp³-hybridized carbons (Fsp3) is 0.382. The first kappa shape index (κ1) is 27.7. The van der Waals surface area contributed by atoms with Gasteiger partial charge in [-0.25, -0.2) is 4.98 Å². The zero-order valence-corrected chi connectivity index (χ0v) is 23.6. The highest BCUT2D eigenvalue weighted by atomic mass is 16.5. The van der Waals surface area contributed by atoms with Crippen LogP contribution in [0.15, 0.2) is 84.9 Å². The van der Waals surface area contributed by atoms with Crippen molar-refractivity contribution in [1.82, 2.24) is 14.5 Å². The molecule has 1 unspecified atom stereocenters. The highest BCUT2D eigenvalue weighted by Crippen LogP contribution is 2.33.